The Morgan fingerprint density at radius 1 is 0.964 bits per heavy atom. The number of nitrogens with zero attached hydrogens (tertiary/aromatic N) is 2. The van der Waals surface area contributed by atoms with Gasteiger partial charge in [0.25, 0.3) is 10.0 Å². The zero-order valence-corrected chi connectivity index (χ0v) is 16.4. The summed E-state index contributed by atoms with van der Waals surface area (Å²) in [6.45, 7) is 0. The molecule has 0 radical (unpaired) electrons. The van der Waals surface area contributed by atoms with Crippen molar-refractivity contribution in [3.63, 3.8) is 0 Å². The molecular weight excluding hydrogens is 398 g/mol. The van der Waals surface area contributed by atoms with Crippen LogP contribution in [-0.4, -0.2) is 30.6 Å². The van der Waals surface area contributed by atoms with Crippen LogP contribution in [0.15, 0.2) is 71.9 Å². The van der Waals surface area contributed by atoms with Gasteiger partial charge in [-0.25, -0.2) is 23.1 Å². The van der Waals surface area contributed by atoms with Gasteiger partial charge in [0.1, 0.15) is 5.75 Å². The van der Waals surface area contributed by atoms with E-state index in [1.54, 1.807) is 25.3 Å². The van der Waals surface area contributed by atoms with E-state index < -0.39 is 10.0 Å². The van der Waals surface area contributed by atoms with E-state index >= 15 is 0 Å². The molecule has 0 saturated carbocycles. The average Bonchev–Trinajstić information content (AvgIpc) is 2.69. The van der Waals surface area contributed by atoms with Crippen molar-refractivity contribution in [1.82, 2.24) is 9.97 Å². The van der Waals surface area contributed by atoms with Crippen LogP contribution in [0.5, 0.6) is 5.75 Å². The number of benzene rings is 2. The van der Waals surface area contributed by atoms with Crippen molar-refractivity contribution in [2.45, 2.75) is 4.90 Å². The van der Waals surface area contributed by atoms with Crippen LogP contribution >= 0.6 is 12.2 Å². The molecule has 0 spiro atoms. The Labute approximate surface area is 168 Å². The van der Waals surface area contributed by atoms with Crippen LogP contribution in [0.3, 0.4) is 0 Å². The molecule has 0 bridgehead atoms. The molecule has 0 aliphatic carbocycles. The second-order valence-electron chi connectivity index (χ2n) is 5.48. The fourth-order valence-corrected chi connectivity index (χ4v) is 3.47. The van der Waals surface area contributed by atoms with Gasteiger partial charge in [0.2, 0.25) is 5.95 Å². The molecule has 0 fully saturated rings. The Morgan fingerprint density at radius 3 is 2.32 bits per heavy atom. The van der Waals surface area contributed by atoms with Crippen molar-refractivity contribution < 1.29 is 13.2 Å². The molecule has 1 heterocycles. The minimum Gasteiger partial charge on any atom is -0.495 e. The summed E-state index contributed by atoms with van der Waals surface area (Å²) in [5.41, 5.74) is 1.34. The lowest BCUT2D eigenvalue weighted by molar-refractivity contribution is 0.417. The van der Waals surface area contributed by atoms with Crippen molar-refractivity contribution in [3.05, 3.63) is 67.0 Å². The lowest BCUT2D eigenvalue weighted by atomic mass is 10.3. The predicted molar refractivity (Wildman–Crippen MR) is 112 cm³/mol. The molecule has 0 unspecified atom stereocenters. The monoisotopic (exact) mass is 415 g/mol. The van der Waals surface area contributed by atoms with Crippen LogP contribution in [0, 0.1) is 0 Å². The minimum atomic E-state index is -3.78. The number of aromatic nitrogens is 2. The topological polar surface area (TPSA) is 105 Å². The summed E-state index contributed by atoms with van der Waals surface area (Å²) in [6, 6.07) is 15.1. The fourth-order valence-electron chi connectivity index (χ4n) is 2.28. The Morgan fingerprint density at radius 2 is 1.64 bits per heavy atom. The highest BCUT2D eigenvalue weighted by Crippen LogP contribution is 2.23. The molecule has 3 N–H and O–H groups in total. The van der Waals surface area contributed by atoms with E-state index in [4.69, 9.17) is 17.0 Å². The zero-order valence-electron chi connectivity index (χ0n) is 14.8. The van der Waals surface area contributed by atoms with Crippen LogP contribution in [0.1, 0.15) is 0 Å². The fraction of sp³-hybridized carbons (Fsp3) is 0.0556. The first-order valence-corrected chi connectivity index (χ1v) is 9.98. The normalized spacial score (nSPS) is 10.8. The number of hydrogen-bond acceptors (Lipinski definition) is 6. The molecule has 0 atom stereocenters. The summed E-state index contributed by atoms with van der Waals surface area (Å²) in [7, 11) is -2.21. The van der Waals surface area contributed by atoms with Crippen LogP contribution in [0.2, 0.25) is 0 Å². The average molecular weight is 416 g/mol. The van der Waals surface area contributed by atoms with Gasteiger partial charge in [-0.2, -0.15) is 0 Å². The van der Waals surface area contributed by atoms with Crippen LogP contribution in [0.4, 0.5) is 17.3 Å². The second-order valence-corrected chi connectivity index (χ2v) is 7.57. The second kappa shape index (κ2) is 8.63. The van der Waals surface area contributed by atoms with Gasteiger partial charge in [0.05, 0.1) is 17.7 Å². The van der Waals surface area contributed by atoms with E-state index in [0.29, 0.717) is 22.2 Å². The van der Waals surface area contributed by atoms with E-state index in [-0.39, 0.29) is 10.8 Å². The number of para-hydroxylation sites is 2. The number of hydrogen-bond donors (Lipinski definition) is 3. The van der Waals surface area contributed by atoms with Gasteiger partial charge in [0.15, 0.2) is 5.11 Å². The van der Waals surface area contributed by atoms with Gasteiger partial charge in [-0.3, -0.25) is 0 Å². The number of nitrogens with one attached hydrogen (secondary N) is 3. The van der Waals surface area contributed by atoms with Crippen LogP contribution < -0.4 is 20.1 Å². The third kappa shape index (κ3) is 4.93. The Bertz CT molecular complexity index is 1060. The zero-order chi connectivity index (χ0) is 20.0. The number of methoxy groups -OCH3 is 1. The van der Waals surface area contributed by atoms with Crippen molar-refractivity contribution in [3.8, 4) is 5.75 Å². The maximum atomic E-state index is 12.4. The Kier molecular flexibility index (Phi) is 6.02. The number of ether oxygens (including phenoxy) is 1. The lowest BCUT2D eigenvalue weighted by Gasteiger charge is -2.13. The molecular formula is C18H17N5O3S2. The molecule has 2 aromatic carbocycles. The quantitative estimate of drug-likeness (QED) is 0.528. The first kappa shape index (κ1) is 19.5. The van der Waals surface area contributed by atoms with Crippen molar-refractivity contribution in [2.24, 2.45) is 0 Å². The molecule has 3 aromatic rings. The van der Waals surface area contributed by atoms with E-state index in [1.807, 2.05) is 24.3 Å². The third-order valence-corrected chi connectivity index (χ3v) is 5.12. The summed E-state index contributed by atoms with van der Waals surface area (Å²) in [5.74, 6) is 0.661. The summed E-state index contributed by atoms with van der Waals surface area (Å²) in [6.07, 6.45) is 2.90. The van der Waals surface area contributed by atoms with Gasteiger partial charge in [-0.05, 0) is 54.7 Å². The summed E-state index contributed by atoms with van der Waals surface area (Å²) in [4.78, 5) is 7.78. The molecule has 0 saturated heterocycles. The molecule has 0 aliphatic rings. The molecule has 10 heteroatoms. The lowest BCUT2D eigenvalue weighted by Crippen LogP contribution is -2.19. The highest BCUT2D eigenvalue weighted by Gasteiger charge is 2.15. The maximum Gasteiger partial charge on any atom is 0.264 e. The summed E-state index contributed by atoms with van der Waals surface area (Å²) >= 11 is 5.29. The minimum absolute atomic E-state index is 0.00638. The Hall–Kier alpha value is -3.24. The van der Waals surface area contributed by atoms with Gasteiger partial charge in [0, 0.05) is 18.1 Å². The molecule has 8 nitrogen and oxygen atoms in total. The third-order valence-electron chi connectivity index (χ3n) is 3.57. The van der Waals surface area contributed by atoms with E-state index in [0.717, 1.165) is 0 Å². The summed E-state index contributed by atoms with van der Waals surface area (Å²) in [5, 5.41) is 6.37. The van der Waals surface area contributed by atoms with Gasteiger partial charge >= 0.3 is 0 Å². The first-order valence-electron chi connectivity index (χ1n) is 8.09. The van der Waals surface area contributed by atoms with Gasteiger partial charge in [-0.15, -0.1) is 0 Å². The molecule has 28 heavy (non-hydrogen) atoms. The predicted octanol–water partition coefficient (Wildman–Crippen LogP) is 3.09. The number of thiocarbonyl (C=S) groups is 1. The van der Waals surface area contributed by atoms with Gasteiger partial charge < -0.3 is 15.4 Å². The van der Waals surface area contributed by atoms with Crippen molar-refractivity contribution >= 4 is 44.7 Å². The SMILES string of the molecule is COc1ccccc1NC(=S)Nc1ccc(S(=O)(=O)Nc2ncccn2)cc1. The number of anilines is 3. The van der Waals surface area contributed by atoms with Gasteiger partial charge in [-0.1, -0.05) is 12.1 Å². The molecule has 144 valence electrons. The molecule has 3 rings (SSSR count). The highest BCUT2D eigenvalue weighted by molar-refractivity contribution is 7.92. The maximum absolute atomic E-state index is 12.4. The smallest absolute Gasteiger partial charge is 0.264 e. The molecule has 0 aliphatic heterocycles. The summed E-state index contributed by atoms with van der Waals surface area (Å²) < 4.78 is 32.3. The molecule has 0 amide bonds. The number of rotatable bonds is 6. The van der Waals surface area contributed by atoms with E-state index in [9.17, 15) is 8.42 Å². The van der Waals surface area contributed by atoms with Crippen LogP contribution in [-0.2, 0) is 10.0 Å². The van der Waals surface area contributed by atoms with Crippen molar-refractivity contribution in [2.75, 3.05) is 22.5 Å². The molecule has 1 aromatic heterocycles. The van der Waals surface area contributed by atoms with E-state index in [1.165, 1.54) is 24.5 Å². The van der Waals surface area contributed by atoms with E-state index in [2.05, 4.69) is 25.3 Å². The van der Waals surface area contributed by atoms with Crippen molar-refractivity contribution in [1.29, 1.82) is 0 Å². The first-order chi connectivity index (χ1) is 13.5. The highest BCUT2D eigenvalue weighted by atomic mass is 32.2. The largest absolute Gasteiger partial charge is 0.495 e. The Balaban J connectivity index is 1.66. The standard InChI is InChI=1S/C18H17N5O3S2/c1-26-16-6-3-2-5-15(16)22-18(27)21-13-7-9-14(10-8-13)28(24,25)23-17-19-11-4-12-20-17/h2-12H,1H3,(H,19,20,23)(H2,21,22,27). The van der Waals surface area contributed by atoms with Crippen LogP contribution in [0.25, 0.3) is 0 Å². The number of sulfonamides is 1.